The summed E-state index contributed by atoms with van der Waals surface area (Å²) in [6.07, 6.45) is 9.09. The van der Waals surface area contributed by atoms with Crippen LogP contribution in [0.5, 0.6) is 5.75 Å². The van der Waals surface area contributed by atoms with Gasteiger partial charge >= 0.3 is 0 Å². The monoisotopic (exact) mass is 448 g/mol. The van der Waals surface area contributed by atoms with Crippen LogP contribution in [0.1, 0.15) is 13.3 Å². The van der Waals surface area contributed by atoms with Gasteiger partial charge < -0.3 is 10.1 Å². The molecule has 7 nitrogen and oxygen atoms in total. The molecule has 1 aromatic heterocycles. The van der Waals surface area contributed by atoms with E-state index in [4.69, 9.17) is 4.74 Å². The normalized spacial score (nSPS) is 17.7. The third kappa shape index (κ3) is 4.50. The van der Waals surface area contributed by atoms with Crippen molar-refractivity contribution >= 4 is 27.2 Å². The van der Waals surface area contributed by atoms with E-state index in [0.717, 1.165) is 22.7 Å². The Morgan fingerprint density at radius 1 is 1.00 bits per heavy atom. The minimum absolute atomic E-state index is 0.431. The van der Waals surface area contributed by atoms with Gasteiger partial charge in [-0.15, -0.1) is 0 Å². The molecule has 0 saturated heterocycles. The minimum atomic E-state index is -3.59. The molecule has 1 heterocycles. The van der Waals surface area contributed by atoms with E-state index in [-0.39, 0.29) is 0 Å². The highest BCUT2D eigenvalue weighted by Crippen LogP contribution is 2.31. The summed E-state index contributed by atoms with van der Waals surface area (Å²) in [6.45, 7) is 1.71. The van der Waals surface area contributed by atoms with E-state index < -0.39 is 14.8 Å². The number of ether oxygens (including phenoxy) is 1. The molecule has 0 saturated carbocycles. The molecule has 1 unspecified atom stereocenters. The lowest BCUT2D eigenvalue weighted by Crippen LogP contribution is -2.38. The zero-order chi connectivity index (χ0) is 22.6. The Bertz CT molecular complexity index is 1270. The van der Waals surface area contributed by atoms with Crippen LogP contribution in [0.25, 0.3) is 11.3 Å². The molecule has 0 amide bonds. The third-order valence-electron chi connectivity index (χ3n) is 5.29. The number of anilines is 3. The number of nitrogens with one attached hydrogen (secondary N) is 2. The van der Waals surface area contributed by atoms with Crippen LogP contribution in [0.4, 0.5) is 17.2 Å². The molecule has 0 spiro atoms. The number of nitrogens with zero attached hydrogens (tertiary/aromatic N) is 2. The lowest BCUT2D eigenvalue weighted by Gasteiger charge is -2.27. The first kappa shape index (κ1) is 21.6. The first-order chi connectivity index (χ1) is 15.4. The third-order valence-corrected chi connectivity index (χ3v) is 7.33. The van der Waals surface area contributed by atoms with Crippen LogP contribution in [-0.4, -0.2) is 30.2 Å². The van der Waals surface area contributed by atoms with Crippen molar-refractivity contribution in [3.63, 3.8) is 0 Å². The standard InChI is InChI=1S/C24H24N4O3S/c1-24(14-6-3-7-15-24)32(29,30)28-19-12-10-18(11-13-19)27-23-16-21(25-17-26-23)20-8-4-5-9-22(20)31-2/h3-14,16-17,28H,15H2,1-2H3,(H,25,26,27). The van der Waals surface area contributed by atoms with Crippen LogP contribution in [0.3, 0.4) is 0 Å². The second-order valence-electron chi connectivity index (χ2n) is 7.60. The smallest absolute Gasteiger partial charge is 0.242 e. The lowest BCUT2D eigenvalue weighted by molar-refractivity contribution is 0.416. The maximum absolute atomic E-state index is 12.8. The molecular formula is C24H24N4O3S. The molecule has 2 aromatic carbocycles. The van der Waals surface area contributed by atoms with Crippen molar-refractivity contribution in [2.24, 2.45) is 0 Å². The van der Waals surface area contributed by atoms with Crippen molar-refractivity contribution in [3.05, 3.63) is 85.2 Å². The molecular weight excluding hydrogens is 424 g/mol. The minimum Gasteiger partial charge on any atom is -0.496 e. The molecule has 1 aliphatic carbocycles. The topological polar surface area (TPSA) is 93.2 Å². The van der Waals surface area contributed by atoms with Gasteiger partial charge in [0, 0.05) is 23.0 Å². The number of allylic oxidation sites excluding steroid dienone is 3. The Hall–Kier alpha value is -3.65. The molecule has 4 rings (SSSR count). The average Bonchev–Trinajstić information content (AvgIpc) is 2.81. The highest BCUT2D eigenvalue weighted by molar-refractivity contribution is 7.94. The first-order valence-electron chi connectivity index (χ1n) is 10.1. The van der Waals surface area contributed by atoms with Crippen LogP contribution < -0.4 is 14.8 Å². The van der Waals surface area contributed by atoms with Gasteiger partial charge in [0.2, 0.25) is 10.0 Å². The number of hydrogen-bond acceptors (Lipinski definition) is 6. The van der Waals surface area contributed by atoms with Crippen LogP contribution in [0, 0.1) is 0 Å². The summed E-state index contributed by atoms with van der Waals surface area (Å²) in [6, 6.07) is 16.5. The Labute approximate surface area is 187 Å². The summed E-state index contributed by atoms with van der Waals surface area (Å²) in [5.74, 6) is 1.34. The van der Waals surface area contributed by atoms with Crippen molar-refractivity contribution in [2.45, 2.75) is 18.1 Å². The molecule has 8 heteroatoms. The van der Waals surface area contributed by atoms with E-state index >= 15 is 0 Å². The number of sulfonamides is 1. The summed E-state index contributed by atoms with van der Waals surface area (Å²) in [4.78, 5) is 8.63. The Balaban J connectivity index is 1.49. The van der Waals surface area contributed by atoms with E-state index in [0.29, 0.717) is 17.9 Å². The summed E-state index contributed by atoms with van der Waals surface area (Å²) in [5, 5.41) is 3.22. The van der Waals surface area contributed by atoms with Gasteiger partial charge in [-0.1, -0.05) is 36.4 Å². The number of aromatic nitrogens is 2. The predicted molar refractivity (Wildman–Crippen MR) is 128 cm³/mol. The van der Waals surface area contributed by atoms with E-state index in [1.54, 1.807) is 50.5 Å². The first-order valence-corrected chi connectivity index (χ1v) is 11.6. The van der Waals surface area contributed by atoms with E-state index in [1.165, 1.54) is 6.33 Å². The highest BCUT2D eigenvalue weighted by atomic mass is 32.2. The van der Waals surface area contributed by atoms with Crippen LogP contribution in [-0.2, 0) is 10.0 Å². The van der Waals surface area contributed by atoms with Crippen LogP contribution in [0.2, 0.25) is 0 Å². The lowest BCUT2D eigenvalue weighted by atomic mass is 10.0. The molecule has 3 aromatic rings. The zero-order valence-electron chi connectivity index (χ0n) is 17.8. The second-order valence-corrected chi connectivity index (χ2v) is 9.74. The molecule has 1 atom stereocenters. The van der Waals surface area contributed by atoms with Gasteiger partial charge in [-0.05, 0) is 49.7 Å². The molecule has 164 valence electrons. The maximum atomic E-state index is 12.8. The van der Waals surface area contributed by atoms with Crippen molar-refractivity contribution in [3.8, 4) is 17.0 Å². The molecule has 1 aliphatic rings. The molecule has 2 N–H and O–H groups in total. The molecule has 0 bridgehead atoms. The van der Waals surface area contributed by atoms with Crippen LogP contribution >= 0.6 is 0 Å². The fourth-order valence-corrected chi connectivity index (χ4v) is 4.63. The maximum Gasteiger partial charge on any atom is 0.242 e. The molecule has 0 radical (unpaired) electrons. The van der Waals surface area contributed by atoms with E-state index in [1.807, 2.05) is 42.5 Å². The van der Waals surface area contributed by atoms with Gasteiger partial charge in [-0.3, -0.25) is 4.72 Å². The van der Waals surface area contributed by atoms with Gasteiger partial charge in [0.15, 0.2) is 0 Å². The van der Waals surface area contributed by atoms with Crippen molar-refractivity contribution in [2.75, 3.05) is 17.1 Å². The Morgan fingerprint density at radius 2 is 1.75 bits per heavy atom. The highest BCUT2D eigenvalue weighted by Gasteiger charge is 2.36. The average molecular weight is 449 g/mol. The van der Waals surface area contributed by atoms with Crippen LogP contribution in [0.15, 0.2) is 85.2 Å². The Morgan fingerprint density at radius 3 is 2.47 bits per heavy atom. The number of hydrogen-bond donors (Lipinski definition) is 2. The van der Waals surface area contributed by atoms with Gasteiger partial charge in [-0.2, -0.15) is 0 Å². The fourth-order valence-electron chi connectivity index (χ4n) is 3.38. The van der Waals surface area contributed by atoms with Gasteiger partial charge in [0.05, 0.1) is 12.8 Å². The van der Waals surface area contributed by atoms with Crippen molar-refractivity contribution < 1.29 is 13.2 Å². The predicted octanol–water partition coefficient (Wildman–Crippen LogP) is 4.91. The summed E-state index contributed by atoms with van der Waals surface area (Å²) in [7, 11) is -1.97. The zero-order valence-corrected chi connectivity index (χ0v) is 18.6. The van der Waals surface area contributed by atoms with E-state index in [2.05, 4.69) is 20.0 Å². The second kappa shape index (κ2) is 8.84. The van der Waals surface area contributed by atoms with Crippen molar-refractivity contribution in [1.29, 1.82) is 0 Å². The summed E-state index contributed by atoms with van der Waals surface area (Å²) in [5.41, 5.74) is 2.86. The Kier molecular flexibility index (Phi) is 5.96. The van der Waals surface area contributed by atoms with Gasteiger partial charge in [-0.25, -0.2) is 18.4 Å². The molecule has 0 aliphatic heterocycles. The van der Waals surface area contributed by atoms with Gasteiger partial charge in [0.1, 0.15) is 22.6 Å². The SMILES string of the molecule is COc1ccccc1-c1cc(Nc2ccc(NS(=O)(=O)C3(C)C=CC=CC3)cc2)ncn1. The molecule has 0 fully saturated rings. The van der Waals surface area contributed by atoms with Gasteiger partial charge in [0.25, 0.3) is 0 Å². The number of benzene rings is 2. The summed E-state index contributed by atoms with van der Waals surface area (Å²) < 4.78 is 32.8. The molecule has 32 heavy (non-hydrogen) atoms. The largest absolute Gasteiger partial charge is 0.496 e. The fraction of sp³-hybridized carbons (Fsp3) is 0.167. The number of rotatable bonds is 7. The number of para-hydroxylation sites is 1. The quantitative estimate of drug-likeness (QED) is 0.533. The summed E-state index contributed by atoms with van der Waals surface area (Å²) >= 11 is 0. The van der Waals surface area contributed by atoms with E-state index in [9.17, 15) is 8.42 Å². The van der Waals surface area contributed by atoms with Crippen molar-refractivity contribution in [1.82, 2.24) is 9.97 Å². The number of methoxy groups -OCH3 is 1.